The molecule has 0 saturated carbocycles. The van der Waals surface area contributed by atoms with Crippen LogP contribution in [0.3, 0.4) is 0 Å². The zero-order valence-electron chi connectivity index (χ0n) is 19.0. The Balaban J connectivity index is 1.34. The maximum atomic E-state index is 13.2. The molecule has 3 aromatic heterocycles. The Hall–Kier alpha value is -3.53. The van der Waals surface area contributed by atoms with E-state index in [1.54, 1.807) is 37.5 Å². The van der Waals surface area contributed by atoms with Crippen LogP contribution in [-0.4, -0.2) is 49.7 Å². The number of pyridine rings is 1. The van der Waals surface area contributed by atoms with Crippen LogP contribution in [0.4, 0.5) is 11.8 Å². The number of piperidine rings is 2. The number of allylic oxidation sites excluding steroid dienone is 1. The van der Waals surface area contributed by atoms with Crippen molar-refractivity contribution in [3.63, 3.8) is 0 Å². The summed E-state index contributed by atoms with van der Waals surface area (Å²) in [7, 11) is 0. The lowest BCUT2D eigenvalue weighted by molar-refractivity contribution is 0.0259. The van der Waals surface area contributed by atoms with E-state index < -0.39 is 0 Å². The van der Waals surface area contributed by atoms with Gasteiger partial charge in [0.25, 0.3) is 5.91 Å². The van der Waals surface area contributed by atoms with Crippen molar-refractivity contribution >= 4 is 45.1 Å². The molecule has 5 rings (SSSR count). The highest BCUT2D eigenvalue weighted by molar-refractivity contribution is 7.16. The van der Waals surface area contributed by atoms with Crippen molar-refractivity contribution in [2.75, 3.05) is 10.6 Å². The first kappa shape index (κ1) is 22.3. The fourth-order valence-corrected chi connectivity index (χ4v) is 5.83. The topological polar surface area (TPSA) is 133 Å². The summed E-state index contributed by atoms with van der Waals surface area (Å²) in [6, 6.07) is 6.10. The Kier molecular flexibility index (Phi) is 6.14. The molecule has 0 spiro atoms. The number of carbonyl (C=O) groups excluding carboxylic acids is 1. The summed E-state index contributed by atoms with van der Waals surface area (Å²) >= 11 is 1.54. The number of aromatic nitrogens is 3. The van der Waals surface area contributed by atoms with Crippen LogP contribution in [0.2, 0.25) is 0 Å². The molecular formula is C24H28N8OS. The van der Waals surface area contributed by atoms with Crippen LogP contribution >= 0.6 is 11.3 Å². The van der Waals surface area contributed by atoms with E-state index in [2.05, 4.69) is 25.5 Å². The van der Waals surface area contributed by atoms with E-state index in [0.717, 1.165) is 42.3 Å². The SMILES string of the molecule is C/C(N)=C/C(=N)Nc1nc(N[C@@H]2C[C@H]3CCC[C@@H](C2)N3C(=O)c2ccncc2)nc2sccc12. The van der Waals surface area contributed by atoms with Crippen molar-refractivity contribution in [3.8, 4) is 0 Å². The van der Waals surface area contributed by atoms with Gasteiger partial charge in [0, 0.05) is 41.8 Å². The summed E-state index contributed by atoms with van der Waals surface area (Å²) in [4.78, 5) is 29.6. The van der Waals surface area contributed by atoms with Crippen LogP contribution in [0.1, 0.15) is 49.4 Å². The molecule has 176 valence electrons. The molecule has 0 radical (unpaired) electrons. The molecule has 3 atom stereocenters. The highest BCUT2D eigenvalue weighted by Gasteiger charge is 2.41. The Labute approximate surface area is 202 Å². The van der Waals surface area contributed by atoms with Crippen molar-refractivity contribution in [1.82, 2.24) is 19.9 Å². The second-order valence-electron chi connectivity index (χ2n) is 8.96. The lowest BCUT2D eigenvalue weighted by atomic mass is 9.81. The number of amides is 1. The van der Waals surface area contributed by atoms with Crippen molar-refractivity contribution in [1.29, 1.82) is 5.41 Å². The summed E-state index contributed by atoms with van der Waals surface area (Å²) in [5, 5.41) is 17.6. The molecule has 0 aliphatic carbocycles. The third-order valence-electron chi connectivity index (χ3n) is 6.42. The van der Waals surface area contributed by atoms with E-state index in [9.17, 15) is 4.79 Å². The average molecular weight is 477 g/mol. The van der Waals surface area contributed by atoms with E-state index in [1.165, 1.54) is 11.3 Å². The van der Waals surface area contributed by atoms with Gasteiger partial charge >= 0.3 is 0 Å². The number of fused-ring (bicyclic) bond motifs is 3. The number of hydrogen-bond acceptors (Lipinski definition) is 8. The Morgan fingerprint density at radius 3 is 2.65 bits per heavy atom. The van der Waals surface area contributed by atoms with Crippen molar-refractivity contribution in [2.45, 2.75) is 57.2 Å². The Morgan fingerprint density at radius 1 is 1.21 bits per heavy atom. The van der Waals surface area contributed by atoms with Crippen LogP contribution in [0.15, 0.2) is 47.7 Å². The molecular weight excluding hydrogens is 448 g/mol. The minimum absolute atomic E-state index is 0.0973. The molecule has 5 N–H and O–H groups in total. The van der Waals surface area contributed by atoms with Gasteiger partial charge in [-0.1, -0.05) is 0 Å². The molecule has 2 saturated heterocycles. The van der Waals surface area contributed by atoms with Crippen molar-refractivity contribution in [2.24, 2.45) is 5.73 Å². The van der Waals surface area contributed by atoms with Crippen LogP contribution in [0, 0.1) is 5.41 Å². The highest BCUT2D eigenvalue weighted by atomic mass is 32.1. The molecule has 3 aromatic rings. The van der Waals surface area contributed by atoms with Gasteiger partial charge in [-0.2, -0.15) is 4.98 Å². The van der Waals surface area contributed by atoms with Crippen molar-refractivity contribution in [3.05, 3.63) is 53.3 Å². The van der Waals surface area contributed by atoms with Gasteiger partial charge in [0.1, 0.15) is 16.5 Å². The fourth-order valence-electron chi connectivity index (χ4n) is 5.06. The van der Waals surface area contributed by atoms with Gasteiger partial charge in [-0.05, 0) is 68.7 Å². The van der Waals surface area contributed by atoms with Gasteiger partial charge in [0.05, 0.1) is 5.39 Å². The number of hydrogen-bond donors (Lipinski definition) is 4. The molecule has 2 fully saturated rings. The number of thiophene rings is 1. The number of amidine groups is 1. The molecule has 5 heterocycles. The van der Waals surface area contributed by atoms with Crippen LogP contribution in [0.5, 0.6) is 0 Å². The first-order valence-electron chi connectivity index (χ1n) is 11.5. The summed E-state index contributed by atoms with van der Waals surface area (Å²) in [6.07, 6.45) is 9.76. The summed E-state index contributed by atoms with van der Waals surface area (Å²) in [6.45, 7) is 1.74. The molecule has 2 bridgehead atoms. The first-order chi connectivity index (χ1) is 16.5. The predicted octanol–water partition coefficient (Wildman–Crippen LogP) is 3.98. The van der Waals surface area contributed by atoms with Gasteiger partial charge in [0.2, 0.25) is 5.95 Å². The molecule has 0 unspecified atom stereocenters. The van der Waals surface area contributed by atoms with E-state index in [1.807, 2.05) is 11.4 Å². The zero-order valence-corrected chi connectivity index (χ0v) is 19.8. The first-order valence-corrected chi connectivity index (χ1v) is 12.4. The number of nitrogens with two attached hydrogens (primary N) is 1. The van der Waals surface area contributed by atoms with Crippen LogP contribution in [-0.2, 0) is 0 Å². The summed E-state index contributed by atoms with van der Waals surface area (Å²) < 4.78 is 0. The number of anilines is 2. The predicted molar refractivity (Wildman–Crippen MR) is 135 cm³/mol. The maximum Gasteiger partial charge on any atom is 0.254 e. The number of rotatable bonds is 5. The average Bonchev–Trinajstić information content (AvgIpc) is 3.27. The molecule has 2 aliphatic rings. The largest absolute Gasteiger partial charge is 0.402 e. The Morgan fingerprint density at radius 2 is 1.94 bits per heavy atom. The molecule has 9 nitrogen and oxygen atoms in total. The lowest BCUT2D eigenvalue weighted by Crippen LogP contribution is -2.57. The Bertz CT molecular complexity index is 1220. The standard InChI is InChI=1S/C24H28N8OS/c1-14(25)11-20(26)29-21-19-7-10-34-22(19)31-24(30-21)28-16-12-17-3-2-4-18(13-16)32(17)23(33)15-5-8-27-9-6-15/h5-11,16-18H,2-4,12-13,25H2,1H3,(H3,26,28,29,30,31)/b14-11-/t16-,17-,18+. The molecule has 0 aromatic carbocycles. The van der Waals surface area contributed by atoms with Gasteiger partial charge in [-0.25, -0.2) is 4.98 Å². The molecule has 1 amide bonds. The van der Waals surface area contributed by atoms with E-state index in [0.29, 0.717) is 23.0 Å². The van der Waals surface area contributed by atoms with E-state index in [-0.39, 0.29) is 29.9 Å². The zero-order chi connectivity index (χ0) is 23.7. The van der Waals surface area contributed by atoms with Gasteiger partial charge in [-0.15, -0.1) is 11.3 Å². The van der Waals surface area contributed by atoms with Crippen LogP contribution in [0.25, 0.3) is 10.2 Å². The number of nitrogens with zero attached hydrogens (tertiary/aromatic N) is 4. The lowest BCUT2D eigenvalue weighted by Gasteiger charge is -2.49. The van der Waals surface area contributed by atoms with Gasteiger partial charge < -0.3 is 21.3 Å². The van der Waals surface area contributed by atoms with Crippen LogP contribution < -0.4 is 16.4 Å². The minimum atomic E-state index is 0.0973. The second-order valence-corrected chi connectivity index (χ2v) is 9.86. The molecule has 10 heteroatoms. The smallest absolute Gasteiger partial charge is 0.254 e. The third-order valence-corrected chi connectivity index (χ3v) is 7.23. The van der Waals surface area contributed by atoms with E-state index in [4.69, 9.17) is 16.1 Å². The monoisotopic (exact) mass is 476 g/mol. The third kappa shape index (κ3) is 4.58. The number of carbonyl (C=O) groups is 1. The van der Waals surface area contributed by atoms with Gasteiger partial charge in [0.15, 0.2) is 0 Å². The summed E-state index contributed by atoms with van der Waals surface area (Å²) in [5.41, 5.74) is 6.96. The number of nitrogens with one attached hydrogen (secondary N) is 3. The minimum Gasteiger partial charge on any atom is -0.402 e. The highest BCUT2D eigenvalue weighted by Crippen LogP contribution is 2.36. The van der Waals surface area contributed by atoms with Gasteiger partial charge in [-0.3, -0.25) is 15.2 Å². The second kappa shape index (κ2) is 9.38. The summed E-state index contributed by atoms with van der Waals surface area (Å²) in [5.74, 6) is 1.40. The quantitative estimate of drug-likeness (QED) is 0.323. The van der Waals surface area contributed by atoms with E-state index >= 15 is 0 Å². The maximum absolute atomic E-state index is 13.2. The normalized spacial score (nSPS) is 22.4. The fraction of sp³-hybridized carbons (Fsp3) is 0.375. The van der Waals surface area contributed by atoms with Crippen molar-refractivity contribution < 1.29 is 4.79 Å². The molecule has 34 heavy (non-hydrogen) atoms. The molecule has 2 aliphatic heterocycles.